The molecule has 3 aromatic rings. The lowest BCUT2D eigenvalue weighted by Gasteiger charge is -2.34. The van der Waals surface area contributed by atoms with Gasteiger partial charge in [0.1, 0.15) is 11.6 Å². The average Bonchev–Trinajstić information content (AvgIpc) is 3.22. The van der Waals surface area contributed by atoms with E-state index in [2.05, 4.69) is 32.4 Å². The third-order valence-electron chi connectivity index (χ3n) is 5.16. The van der Waals surface area contributed by atoms with Gasteiger partial charge in [0.05, 0.1) is 12.1 Å². The van der Waals surface area contributed by atoms with E-state index in [0.29, 0.717) is 18.8 Å². The molecule has 1 saturated heterocycles. The van der Waals surface area contributed by atoms with Gasteiger partial charge >= 0.3 is 0 Å². The molecule has 2 N–H and O–H groups in total. The summed E-state index contributed by atoms with van der Waals surface area (Å²) >= 11 is 1.76. The Bertz CT molecular complexity index is 935. The minimum Gasteiger partial charge on any atom is -0.383 e. The van der Waals surface area contributed by atoms with Gasteiger partial charge in [0.2, 0.25) is 5.91 Å². The SMILES string of the molecule is Nc1nc(CN2CCN(C(=O)CCCc3cccs3)CC2)nc2ccccc12. The largest absolute Gasteiger partial charge is 0.383 e. The summed E-state index contributed by atoms with van der Waals surface area (Å²) in [6.45, 7) is 3.87. The number of aryl methyl sites for hydroxylation is 1. The lowest BCUT2D eigenvalue weighted by Crippen LogP contribution is -2.48. The van der Waals surface area contributed by atoms with E-state index in [1.165, 1.54) is 4.88 Å². The van der Waals surface area contributed by atoms with Crippen molar-refractivity contribution in [1.82, 2.24) is 19.8 Å². The Morgan fingerprint density at radius 3 is 2.68 bits per heavy atom. The standard InChI is InChI=1S/C21H25N5OS/c22-21-17-7-1-2-8-18(17)23-19(24-21)15-25-10-12-26(13-11-25)20(27)9-3-5-16-6-4-14-28-16/h1-2,4,6-8,14H,3,5,9-13,15H2,(H2,22,23,24). The monoisotopic (exact) mass is 395 g/mol. The molecule has 0 spiro atoms. The molecule has 1 fully saturated rings. The number of nitrogen functional groups attached to an aromatic ring is 1. The molecule has 3 heterocycles. The van der Waals surface area contributed by atoms with Gasteiger partial charge in [0, 0.05) is 42.9 Å². The van der Waals surface area contributed by atoms with E-state index < -0.39 is 0 Å². The van der Waals surface area contributed by atoms with Crippen LogP contribution in [0.4, 0.5) is 5.82 Å². The highest BCUT2D eigenvalue weighted by molar-refractivity contribution is 7.09. The number of carbonyl (C=O) groups is 1. The molecule has 7 heteroatoms. The topological polar surface area (TPSA) is 75.3 Å². The van der Waals surface area contributed by atoms with Gasteiger partial charge in [-0.15, -0.1) is 11.3 Å². The van der Waals surface area contributed by atoms with E-state index in [1.54, 1.807) is 11.3 Å². The Labute approximate surface area is 169 Å². The molecule has 0 aliphatic carbocycles. The number of hydrogen-bond donors (Lipinski definition) is 1. The molecule has 28 heavy (non-hydrogen) atoms. The quantitative estimate of drug-likeness (QED) is 0.695. The molecule has 1 aliphatic rings. The molecule has 2 aromatic heterocycles. The van der Waals surface area contributed by atoms with Gasteiger partial charge in [-0.1, -0.05) is 18.2 Å². The number of nitrogens with zero attached hydrogens (tertiary/aromatic N) is 4. The summed E-state index contributed by atoms with van der Waals surface area (Å²) in [4.78, 5) is 27.2. The summed E-state index contributed by atoms with van der Waals surface area (Å²) in [6, 6.07) is 12.0. The van der Waals surface area contributed by atoms with Crippen molar-refractivity contribution in [3.63, 3.8) is 0 Å². The van der Waals surface area contributed by atoms with Crippen molar-refractivity contribution in [3.8, 4) is 0 Å². The predicted octanol–water partition coefficient (Wildman–Crippen LogP) is 2.94. The number of piperazine rings is 1. The van der Waals surface area contributed by atoms with Crippen molar-refractivity contribution in [2.75, 3.05) is 31.9 Å². The number of anilines is 1. The van der Waals surface area contributed by atoms with E-state index in [4.69, 9.17) is 5.73 Å². The van der Waals surface area contributed by atoms with Gasteiger partial charge in [-0.05, 0) is 36.4 Å². The molecular weight excluding hydrogens is 370 g/mol. The first kappa shape index (κ1) is 18.8. The van der Waals surface area contributed by atoms with Gasteiger partial charge in [-0.2, -0.15) is 0 Å². The molecule has 0 atom stereocenters. The Balaban J connectivity index is 1.26. The van der Waals surface area contributed by atoms with Gasteiger partial charge < -0.3 is 10.6 Å². The first-order valence-electron chi connectivity index (χ1n) is 9.73. The van der Waals surface area contributed by atoms with E-state index in [0.717, 1.165) is 55.7 Å². The number of amides is 1. The number of para-hydroxylation sites is 1. The Morgan fingerprint density at radius 1 is 1.07 bits per heavy atom. The molecular formula is C21H25N5OS. The predicted molar refractivity (Wildman–Crippen MR) is 113 cm³/mol. The fourth-order valence-corrected chi connectivity index (χ4v) is 4.36. The van der Waals surface area contributed by atoms with Crippen molar-refractivity contribution >= 4 is 34.0 Å². The molecule has 1 amide bonds. The maximum absolute atomic E-state index is 12.5. The van der Waals surface area contributed by atoms with Crippen LogP contribution in [0.2, 0.25) is 0 Å². The summed E-state index contributed by atoms with van der Waals surface area (Å²) in [7, 11) is 0. The third kappa shape index (κ3) is 4.48. The molecule has 6 nitrogen and oxygen atoms in total. The van der Waals surface area contributed by atoms with Crippen LogP contribution < -0.4 is 5.73 Å². The van der Waals surface area contributed by atoms with Crippen molar-refractivity contribution in [1.29, 1.82) is 0 Å². The van der Waals surface area contributed by atoms with Crippen molar-refractivity contribution in [3.05, 3.63) is 52.5 Å². The lowest BCUT2D eigenvalue weighted by atomic mass is 10.2. The van der Waals surface area contributed by atoms with E-state index in [1.807, 2.05) is 29.2 Å². The van der Waals surface area contributed by atoms with E-state index in [-0.39, 0.29) is 5.91 Å². The lowest BCUT2D eigenvalue weighted by molar-refractivity contribution is -0.133. The summed E-state index contributed by atoms with van der Waals surface area (Å²) in [6.07, 6.45) is 2.54. The molecule has 0 radical (unpaired) electrons. The third-order valence-corrected chi connectivity index (χ3v) is 6.10. The number of benzene rings is 1. The molecule has 1 aromatic carbocycles. The average molecular weight is 396 g/mol. The van der Waals surface area contributed by atoms with E-state index in [9.17, 15) is 4.79 Å². The van der Waals surface area contributed by atoms with Crippen molar-refractivity contribution in [2.45, 2.75) is 25.8 Å². The van der Waals surface area contributed by atoms with Gasteiger partial charge in [0.15, 0.2) is 0 Å². The fraction of sp³-hybridized carbons (Fsp3) is 0.381. The second kappa shape index (κ2) is 8.67. The van der Waals surface area contributed by atoms with Crippen LogP contribution >= 0.6 is 11.3 Å². The van der Waals surface area contributed by atoms with Crippen LogP contribution in [0.1, 0.15) is 23.5 Å². The minimum atomic E-state index is 0.266. The molecule has 146 valence electrons. The Kier molecular flexibility index (Phi) is 5.83. The Morgan fingerprint density at radius 2 is 1.89 bits per heavy atom. The first-order valence-corrected chi connectivity index (χ1v) is 10.6. The second-order valence-electron chi connectivity index (χ2n) is 7.13. The number of thiophene rings is 1. The second-order valence-corrected chi connectivity index (χ2v) is 8.16. The summed E-state index contributed by atoms with van der Waals surface area (Å²) < 4.78 is 0. The highest BCUT2D eigenvalue weighted by atomic mass is 32.1. The van der Waals surface area contributed by atoms with Crippen LogP contribution in [0.25, 0.3) is 10.9 Å². The maximum Gasteiger partial charge on any atom is 0.222 e. The molecule has 4 rings (SSSR count). The van der Waals surface area contributed by atoms with Crippen molar-refractivity contribution in [2.24, 2.45) is 0 Å². The van der Waals surface area contributed by atoms with Crippen LogP contribution in [0.15, 0.2) is 41.8 Å². The Hall–Kier alpha value is -2.51. The number of aromatic nitrogens is 2. The zero-order valence-corrected chi connectivity index (χ0v) is 16.7. The molecule has 1 aliphatic heterocycles. The van der Waals surface area contributed by atoms with Crippen LogP contribution in [-0.4, -0.2) is 51.9 Å². The van der Waals surface area contributed by atoms with E-state index >= 15 is 0 Å². The zero-order valence-electron chi connectivity index (χ0n) is 15.9. The minimum absolute atomic E-state index is 0.266. The summed E-state index contributed by atoms with van der Waals surface area (Å²) in [5, 5.41) is 2.98. The van der Waals surface area contributed by atoms with Crippen molar-refractivity contribution < 1.29 is 4.79 Å². The normalized spacial score (nSPS) is 15.2. The molecule has 0 unspecified atom stereocenters. The number of fused-ring (bicyclic) bond motifs is 1. The number of nitrogens with two attached hydrogens (primary N) is 1. The smallest absolute Gasteiger partial charge is 0.222 e. The van der Waals surface area contributed by atoms with Crippen LogP contribution in [0.5, 0.6) is 0 Å². The zero-order chi connectivity index (χ0) is 19.3. The van der Waals surface area contributed by atoms with Gasteiger partial charge in [-0.3, -0.25) is 9.69 Å². The maximum atomic E-state index is 12.5. The van der Waals surface area contributed by atoms with Crippen LogP contribution in [0, 0.1) is 0 Å². The molecule has 0 bridgehead atoms. The first-order chi connectivity index (χ1) is 13.7. The summed E-state index contributed by atoms with van der Waals surface area (Å²) in [5.74, 6) is 1.54. The fourth-order valence-electron chi connectivity index (χ4n) is 3.60. The van der Waals surface area contributed by atoms with Crippen LogP contribution in [0.3, 0.4) is 0 Å². The van der Waals surface area contributed by atoms with Gasteiger partial charge in [0.25, 0.3) is 0 Å². The highest BCUT2D eigenvalue weighted by Crippen LogP contribution is 2.18. The number of rotatable bonds is 6. The highest BCUT2D eigenvalue weighted by Gasteiger charge is 2.21. The summed E-state index contributed by atoms with van der Waals surface area (Å²) in [5.41, 5.74) is 6.96. The van der Waals surface area contributed by atoms with Gasteiger partial charge in [-0.25, -0.2) is 9.97 Å². The number of carbonyl (C=O) groups excluding carboxylic acids is 1. The number of hydrogen-bond acceptors (Lipinski definition) is 6. The molecule has 0 saturated carbocycles. The van der Waals surface area contributed by atoms with Crippen LogP contribution in [-0.2, 0) is 17.8 Å².